The number of guanidine groups is 1. The van der Waals surface area contributed by atoms with Crippen molar-refractivity contribution in [3.63, 3.8) is 0 Å². The number of hydrogen-bond donors (Lipinski definition) is 1. The molecule has 0 saturated carbocycles. The Morgan fingerprint density at radius 2 is 2.27 bits per heavy atom. The molecule has 1 heterocycles. The van der Waals surface area contributed by atoms with E-state index in [1.165, 1.54) is 5.56 Å². The number of rotatable bonds is 5. The highest BCUT2D eigenvalue weighted by molar-refractivity contribution is 5.79. The van der Waals surface area contributed by atoms with E-state index in [0.29, 0.717) is 13.2 Å². The molecule has 1 fully saturated rings. The zero-order valence-electron chi connectivity index (χ0n) is 14.1. The lowest BCUT2D eigenvalue weighted by Gasteiger charge is -2.18. The van der Waals surface area contributed by atoms with Crippen LogP contribution >= 0.6 is 0 Å². The first kappa shape index (κ1) is 16.6. The zero-order valence-corrected chi connectivity index (χ0v) is 14.1. The number of benzene rings is 1. The Balaban J connectivity index is 2.13. The molecule has 1 aliphatic rings. The summed E-state index contributed by atoms with van der Waals surface area (Å²) >= 11 is 0. The maximum atomic E-state index is 6.11. The van der Waals surface area contributed by atoms with Gasteiger partial charge in [-0.2, -0.15) is 0 Å². The smallest absolute Gasteiger partial charge is 0.193 e. The second kappa shape index (κ2) is 8.03. The van der Waals surface area contributed by atoms with E-state index < -0.39 is 0 Å². The van der Waals surface area contributed by atoms with Crippen molar-refractivity contribution in [1.29, 1.82) is 0 Å². The SMILES string of the molecule is CCNC(=NCc1ccc(C)cc1O[C@@H]1CCOC1)N(C)C. The Labute approximate surface area is 133 Å². The molecule has 0 radical (unpaired) electrons. The van der Waals surface area contributed by atoms with Crippen LogP contribution in [-0.2, 0) is 11.3 Å². The molecule has 1 saturated heterocycles. The number of nitrogens with zero attached hydrogens (tertiary/aromatic N) is 2. The molecule has 5 nitrogen and oxygen atoms in total. The molecule has 0 unspecified atom stereocenters. The molecule has 0 aromatic heterocycles. The minimum absolute atomic E-state index is 0.159. The molecule has 0 amide bonds. The fourth-order valence-electron chi connectivity index (χ4n) is 2.36. The van der Waals surface area contributed by atoms with Gasteiger partial charge in [0.15, 0.2) is 5.96 Å². The monoisotopic (exact) mass is 305 g/mol. The second-order valence-electron chi connectivity index (χ2n) is 5.78. The first-order valence-corrected chi connectivity index (χ1v) is 7.89. The van der Waals surface area contributed by atoms with Gasteiger partial charge in [-0.1, -0.05) is 12.1 Å². The van der Waals surface area contributed by atoms with Crippen LogP contribution in [0.2, 0.25) is 0 Å². The lowest BCUT2D eigenvalue weighted by molar-refractivity contribution is 0.140. The summed E-state index contributed by atoms with van der Waals surface area (Å²) in [6, 6.07) is 6.29. The van der Waals surface area contributed by atoms with Crippen LogP contribution < -0.4 is 10.1 Å². The molecule has 1 aromatic rings. The van der Waals surface area contributed by atoms with E-state index >= 15 is 0 Å². The maximum Gasteiger partial charge on any atom is 0.193 e. The third-order valence-corrected chi connectivity index (χ3v) is 3.56. The summed E-state index contributed by atoms with van der Waals surface area (Å²) < 4.78 is 11.5. The van der Waals surface area contributed by atoms with Crippen molar-refractivity contribution < 1.29 is 9.47 Å². The fourth-order valence-corrected chi connectivity index (χ4v) is 2.36. The van der Waals surface area contributed by atoms with E-state index in [0.717, 1.165) is 36.8 Å². The highest BCUT2D eigenvalue weighted by Crippen LogP contribution is 2.24. The van der Waals surface area contributed by atoms with Gasteiger partial charge < -0.3 is 19.7 Å². The number of nitrogens with one attached hydrogen (secondary N) is 1. The van der Waals surface area contributed by atoms with Crippen LogP contribution in [0.3, 0.4) is 0 Å². The van der Waals surface area contributed by atoms with E-state index in [4.69, 9.17) is 9.47 Å². The van der Waals surface area contributed by atoms with Gasteiger partial charge in [0.05, 0.1) is 19.8 Å². The molecule has 0 bridgehead atoms. The third-order valence-electron chi connectivity index (χ3n) is 3.56. The van der Waals surface area contributed by atoms with Crippen molar-refractivity contribution >= 4 is 5.96 Å². The van der Waals surface area contributed by atoms with Gasteiger partial charge in [0.1, 0.15) is 11.9 Å². The van der Waals surface area contributed by atoms with E-state index in [9.17, 15) is 0 Å². The summed E-state index contributed by atoms with van der Waals surface area (Å²) in [5.74, 6) is 1.81. The maximum absolute atomic E-state index is 6.11. The quantitative estimate of drug-likeness (QED) is 0.669. The average Bonchev–Trinajstić information content (AvgIpc) is 2.97. The summed E-state index contributed by atoms with van der Waals surface area (Å²) in [5, 5.41) is 3.27. The first-order chi connectivity index (χ1) is 10.6. The predicted molar refractivity (Wildman–Crippen MR) is 89.5 cm³/mol. The predicted octanol–water partition coefficient (Wildman–Crippen LogP) is 2.19. The number of aryl methyl sites for hydroxylation is 1. The van der Waals surface area contributed by atoms with E-state index in [2.05, 4.69) is 42.4 Å². The van der Waals surface area contributed by atoms with E-state index in [1.54, 1.807) is 0 Å². The molecule has 0 aliphatic carbocycles. The Bertz CT molecular complexity index is 509. The van der Waals surface area contributed by atoms with Gasteiger partial charge in [-0.3, -0.25) is 0 Å². The number of ether oxygens (including phenoxy) is 2. The molecular formula is C17H27N3O2. The van der Waals surface area contributed by atoms with Crippen molar-refractivity contribution in [2.24, 2.45) is 4.99 Å². The minimum atomic E-state index is 0.159. The number of aliphatic imine (C=N–C) groups is 1. The third kappa shape index (κ3) is 4.63. The molecule has 1 aliphatic heterocycles. The lowest BCUT2D eigenvalue weighted by atomic mass is 10.1. The molecule has 5 heteroatoms. The fraction of sp³-hybridized carbons (Fsp3) is 0.588. The van der Waals surface area contributed by atoms with Crippen molar-refractivity contribution in [3.8, 4) is 5.75 Å². The van der Waals surface area contributed by atoms with Crippen molar-refractivity contribution in [2.75, 3.05) is 33.9 Å². The van der Waals surface area contributed by atoms with Gasteiger partial charge in [-0.05, 0) is 25.5 Å². The normalized spacial score (nSPS) is 18.4. The van der Waals surface area contributed by atoms with Gasteiger partial charge in [0.2, 0.25) is 0 Å². The van der Waals surface area contributed by atoms with Crippen LogP contribution in [0.25, 0.3) is 0 Å². The Hall–Kier alpha value is -1.75. The molecule has 1 N–H and O–H groups in total. The highest BCUT2D eigenvalue weighted by Gasteiger charge is 2.18. The van der Waals surface area contributed by atoms with Gasteiger partial charge in [0.25, 0.3) is 0 Å². The van der Waals surface area contributed by atoms with Crippen LogP contribution in [0.15, 0.2) is 23.2 Å². The van der Waals surface area contributed by atoms with Crippen LogP contribution in [-0.4, -0.2) is 50.8 Å². The Morgan fingerprint density at radius 1 is 1.45 bits per heavy atom. The molecule has 1 aromatic carbocycles. The van der Waals surface area contributed by atoms with Crippen molar-refractivity contribution in [3.05, 3.63) is 29.3 Å². The Kier molecular flexibility index (Phi) is 6.07. The molecule has 1 atom stereocenters. The molecule has 2 rings (SSSR count). The molecule has 0 spiro atoms. The minimum Gasteiger partial charge on any atom is -0.488 e. The number of hydrogen-bond acceptors (Lipinski definition) is 3. The molecular weight excluding hydrogens is 278 g/mol. The molecule has 122 valence electrons. The van der Waals surface area contributed by atoms with Gasteiger partial charge in [-0.15, -0.1) is 0 Å². The van der Waals surface area contributed by atoms with Crippen molar-refractivity contribution in [1.82, 2.24) is 10.2 Å². The van der Waals surface area contributed by atoms with Gasteiger partial charge >= 0.3 is 0 Å². The summed E-state index contributed by atoms with van der Waals surface area (Å²) in [5.41, 5.74) is 2.30. The summed E-state index contributed by atoms with van der Waals surface area (Å²) in [6.07, 6.45) is 1.11. The van der Waals surface area contributed by atoms with Gasteiger partial charge in [-0.25, -0.2) is 4.99 Å². The first-order valence-electron chi connectivity index (χ1n) is 7.89. The van der Waals surface area contributed by atoms with Crippen LogP contribution in [0, 0.1) is 6.92 Å². The largest absolute Gasteiger partial charge is 0.488 e. The van der Waals surface area contributed by atoms with Crippen molar-refractivity contribution in [2.45, 2.75) is 32.9 Å². The summed E-state index contributed by atoms with van der Waals surface area (Å²) in [7, 11) is 3.98. The Morgan fingerprint density at radius 3 is 2.91 bits per heavy atom. The highest BCUT2D eigenvalue weighted by atomic mass is 16.5. The summed E-state index contributed by atoms with van der Waals surface area (Å²) in [4.78, 5) is 6.66. The van der Waals surface area contributed by atoms with Crippen LogP contribution in [0.1, 0.15) is 24.5 Å². The second-order valence-corrected chi connectivity index (χ2v) is 5.78. The summed E-state index contributed by atoms with van der Waals surface area (Å²) in [6.45, 7) is 7.07. The van der Waals surface area contributed by atoms with Crippen LogP contribution in [0.5, 0.6) is 5.75 Å². The van der Waals surface area contributed by atoms with Crippen LogP contribution in [0.4, 0.5) is 0 Å². The zero-order chi connectivity index (χ0) is 15.9. The molecule has 22 heavy (non-hydrogen) atoms. The standard InChI is InChI=1S/C17H27N3O2/c1-5-18-17(20(3)4)19-11-14-7-6-13(2)10-16(14)22-15-8-9-21-12-15/h6-7,10,15H,5,8-9,11-12H2,1-4H3,(H,18,19)/t15-/m1/s1. The van der Waals surface area contributed by atoms with Gasteiger partial charge in [0, 0.05) is 32.6 Å². The van der Waals surface area contributed by atoms with E-state index in [1.807, 2.05) is 19.0 Å². The topological polar surface area (TPSA) is 46.1 Å². The van der Waals surface area contributed by atoms with E-state index in [-0.39, 0.29) is 6.10 Å². The lowest BCUT2D eigenvalue weighted by Crippen LogP contribution is -2.36. The average molecular weight is 305 g/mol.